The molecule has 1 aromatic carbocycles. The third-order valence-corrected chi connectivity index (χ3v) is 5.39. The van der Waals surface area contributed by atoms with Gasteiger partial charge in [0.05, 0.1) is 5.02 Å². The Hall–Kier alpha value is -0.580. The van der Waals surface area contributed by atoms with E-state index in [2.05, 4.69) is 21.2 Å². The first-order chi connectivity index (χ1) is 9.15. The standard InChI is InChI=1S/C14H16BrClN2O/c15-12-2-1-9(5-13(12)16)14(19)18-4-3-10-6-17-7-11(10)8-18/h1-2,5,10-11,17H,3-4,6-8H2. The van der Waals surface area contributed by atoms with Crippen molar-refractivity contribution in [2.24, 2.45) is 11.8 Å². The number of likely N-dealkylation sites (tertiary alicyclic amines) is 1. The SMILES string of the molecule is O=C(c1ccc(Br)c(Cl)c1)N1CCC2CNCC2C1. The second kappa shape index (κ2) is 5.43. The summed E-state index contributed by atoms with van der Waals surface area (Å²) in [5.41, 5.74) is 0.678. The molecular formula is C14H16BrClN2O. The molecule has 2 unspecified atom stereocenters. The van der Waals surface area contributed by atoms with Crippen LogP contribution >= 0.6 is 27.5 Å². The quantitative estimate of drug-likeness (QED) is 0.850. The maximum absolute atomic E-state index is 12.5. The van der Waals surface area contributed by atoms with E-state index in [9.17, 15) is 4.79 Å². The van der Waals surface area contributed by atoms with Gasteiger partial charge >= 0.3 is 0 Å². The summed E-state index contributed by atoms with van der Waals surface area (Å²) < 4.78 is 0.824. The summed E-state index contributed by atoms with van der Waals surface area (Å²) in [5.74, 6) is 1.46. The molecule has 0 aliphatic carbocycles. The number of hydrogen-bond donors (Lipinski definition) is 1. The van der Waals surface area contributed by atoms with Crippen LogP contribution in [0.5, 0.6) is 0 Å². The number of nitrogens with zero attached hydrogens (tertiary/aromatic N) is 1. The molecule has 0 radical (unpaired) electrons. The highest BCUT2D eigenvalue weighted by molar-refractivity contribution is 9.10. The highest BCUT2D eigenvalue weighted by Crippen LogP contribution is 2.28. The summed E-state index contributed by atoms with van der Waals surface area (Å²) in [6, 6.07) is 5.41. The highest BCUT2D eigenvalue weighted by atomic mass is 79.9. The first kappa shape index (κ1) is 13.4. The number of fused-ring (bicyclic) bond motifs is 1. The van der Waals surface area contributed by atoms with E-state index in [-0.39, 0.29) is 5.91 Å². The van der Waals surface area contributed by atoms with Crippen LogP contribution in [0.3, 0.4) is 0 Å². The second-order valence-corrected chi connectivity index (χ2v) is 6.61. The fourth-order valence-corrected chi connectivity index (χ4v) is 3.46. The van der Waals surface area contributed by atoms with Crippen LogP contribution in [0.25, 0.3) is 0 Å². The van der Waals surface area contributed by atoms with E-state index >= 15 is 0 Å². The topological polar surface area (TPSA) is 32.3 Å². The van der Waals surface area contributed by atoms with Crippen molar-refractivity contribution in [2.75, 3.05) is 26.2 Å². The summed E-state index contributed by atoms with van der Waals surface area (Å²) in [5, 5.41) is 4.00. The van der Waals surface area contributed by atoms with E-state index in [1.807, 2.05) is 17.0 Å². The lowest BCUT2D eigenvalue weighted by Crippen LogP contribution is -2.43. The first-order valence-corrected chi connectivity index (χ1v) is 7.77. The predicted molar refractivity (Wildman–Crippen MR) is 79.5 cm³/mol. The smallest absolute Gasteiger partial charge is 0.253 e. The highest BCUT2D eigenvalue weighted by Gasteiger charge is 2.34. The van der Waals surface area contributed by atoms with Crippen LogP contribution in [0.4, 0.5) is 0 Å². The molecule has 2 heterocycles. The lowest BCUT2D eigenvalue weighted by Gasteiger charge is -2.34. The number of amides is 1. The minimum Gasteiger partial charge on any atom is -0.338 e. The molecule has 0 saturated carbocycles. The molecule has 2 aliphatic rings. The number of rotatable bonds is 1. The largest absolute Gasteiger partial charge is 0.338 e. The summed E-state index contributed by atoms with van der Waals surface area (Å²) in [4.78, 5) is 14.4. The summed E-state index contributed by atoms with van der Waals surface area (Å²) >= 11 is 9.40. The van der Waals surface area contributed by atoms with Crippen LogP contribution in [0, 0.1) is 11.8 Å². The molecule has 0 spiro atoms. The van der Waals surface area contributed by atoms with Gasteiger partial charge in [0.2, 0.25) is 0 Å². The third kappa shape index (κ3) is 2.67. The normalized spacial score (nSPS) is 26.3. The lowest BCUT2D eigenvalue weighted by molar-refractivity contribution is 0.0642. The molecule has 0 bridgehead atoms. The zero-order valence-electron chi connectivity index (χ0n) is 10.5. The van der Waals surface area contributed by atoms with Crippen LogP contribution in [-0.2, 0) is 0 Å². The second-order valence-electron chi connectivity index (χ2n) is 5.35. The average Bonchev–Trinajstić information content (AvgIpc) is 2.88. The number of carbonyl (C=O) groups excluding carboxylic acids is 1. The molecule has 2 fully saturated rings. The molecule has 0 aromatic heterocycles. The lowest BCUT2D eigenvalue weighted by atomic mass is 9.88. The summed E-state index contributed by atoms with van der Waals surface area (Å²) in [6.07, 6.45) is 1.10. The van der Waals surface area contributed by atoms with Gasteiger partial charge in [-0.15, -0.1) is 0 Å². The number of carbonyl (C=O) groups is 1. The van der Waals surface area contributed by atoms with Crippen LogP contribution in [0.2, 0.25) is 5.02 Å². The Kier molecular flexibility index (Phi) is 3.83. The van der Waals surface area contributed by atoms with Crippen molar-refractivity contribution < 1.29 is 4.79 Å². The Labute approximate surface area is 126 Å². The number of nitrogens with one attached hydrogen (secondary N) is 1. The van der Waals surface area contributed by atoms with Gasteiger partial charge in [0.15, 0.2) is 0 Å². The van der Waals surface area contributed by atoms with Gasteiger partial charge in [-0.3, -0.25) is 4.79 Å². The van der Waals surface area contributed by atoms with Gasteiger partial charge in [-0.1, -0.05) is 11.6 Å². The molecule has 1 N–H and O–H groups in total. The van der Waals surface area contributed by atoms with Crippen molar-refractivity contribution in [1.82, 2.24) is 10.2 Å². The number of halogens is 2. The van der Waals surface area contributed by atoms with Crippen LogP contribution in [-0.4, -0.2) is 37.0 Å². The minimum atomic E-state index is 0.0970. The van der Waals surface area contributed by atoms with E-state index in [0.29, 0.717) is 16.5 Å². The molecule has 3 rings (SSSR count). The molecule has 5 heteroatoms. The van der Waals surface area contributed by atoms with Gasteiger partial charge in [0, 0.05) is 23.1 Å². The number of piperidine rings is 1. The van der Waals surface area contributed by atoms with Gasteiger partial charge in [0.1, 0.15) is 0 Å². The summed E-state index contributed by atoms with van der Waals surface area (Å²) in [7, 11) is 0. The Morgan fingerprint density at radius 2 is 2.16 bits per heavy atom. The van der Waals surface area contributed by atoms with Gasteiger partial charge in [-0.2, -0.15) is 0 Å². The molecule has 1 amide bonds. The zero-order chi connectivity index (χ0) is 13.4. The van der Waals surface area contributed by atoms with Crippen molar-refractivity contribution in [3.63, 3.8) is 0 Å². The Balaban J connectivity index is 1.74. The van der Waals surface area contributed by atoms with E-state index in [1.165, 1.54) is 0 Å². The van der Waals surface area contributed by atoms with Crippen molar-refractivity contribution >= 4 is 33.4 Å². The Bertz CT molecular complexity index is 508. The fraction of sp³-hybridized carbons (Fsp3) is 0.500. The average molecular weight is 344 g/mol. The monoisotopic (exact) mass is 342 g/mol. The predicted octanol–water partition coefficient (Wildman–Crippen LogP) is 2.78. The van der Waals surface area contributed by atoms with E-state index in [4.69, 9.17) is 11.6 Å². The van der Waals surface area contributed by atoms with Gasteiger partial charge in [-0.05, 0) is 65.5 Å². The van der Waals surface area contributed by atoms with Crippen molar-refractivity contribution in [1.29, 1.82) is 0 Å². The Morgan fingerprint density at radius 1 is 1.37 bits per heavy atom. The molecule has 2 atom stereocenters. The maximum Gasteiger partial charge on any atom is 0.253 e. The van der Waals surface area contributed by atoms with Gasteiger partial charge in [0.25, 0.3) is 5.91 Å². The minimum absolute atomic E-state index is 0.0970. The van der Waals surface area contributed by atoms with Crippen LogP contribution in [0.15, 0.2) is 22.7 Å². The van der Waals surface area contributed by atoms with Gasteiger partial charge in [-0.25, -0.2) is 0 Å². The van der Waals surface area contributed by atoms with E-state index < -0.39 is 0 Å². The molecule has 3 nitrogen and oxygen atoms in total. The van der Waals surface area contributed by atoms with Crippen LogP contribution in [0.1, 0.15) is 16.8 Å². The molecule has 1 aromatic rings. The van der Waals surface area contributed by atoms with Gasteiger partial charge < -0.3 is 10.2 Å². The zero-order valence-corrected chi connectivity index (χ0v) is 12.9. The van der Waals surface area contributed by atoms with E-state index in [1.54, 1.807) is 6.07 Å². The summed E-state index contributed by atoms with van der Waals surface area (Å²) in [6.45, 7) is 3.87. The molecule has 102 valence electrons. The van der Waals surface area contributed by atoms with Crippen molar-refractivity contribution in [3.05, 3.63) is 33.3 Å². The van der Waals surface area contributed by atoms with E-state index in [0.717, 1.165) is 43.0 Å². The molecule has 19 heavy (non-hydrogen) atoms. The molecule has 2 aliphatic heterocycles. The third-order valence-electron chi connectivity index (χ3n) is 4.16. The number of hydrogen-bond acceptors (Lipinski definition) is 2. The van der Waals surface area contributed by atoms with Crippen molar-refractivity contribution in [3.8, 4) is 0 Å². The van der Waals surface area contributed by atoms with Crippen molar-refractivity contribution in [2.45, 2.75) is 6.42 Å². The van der Waals surface area contributed by atoms with Crippen LogP contribution < -0.4 is 5.32 Å². The maximum atomic E-state index is 12.5. The molecule has 2 saturated heterocycles. The molecular weight excluding hydrogens is 328 g/mol. The fourth-order valence-electron chi connectivity index (χ4n) is 3.03. The number of benzene rings is 1. The Morgan fingerprint density at radius 3 is 2.95 bits per heavy atom. The first-order valence-electron chi connectivity index (χ1n) is 6.60.